The predicted molar refractivity (Wildman–Crippen MR) is 144 cm³/mol. The van der Waals surface area contributed by atoms with Gasteiger partial charge in [-0.1, -0.05) is 72.8 Å². The van der Waals surface area contributed by atoms with Gasteiger partial charge in [-0.25, -0.2) is 4.79 Å². The smallest absolute Gasteiger partial charge is 0.344 e. The van der Waals surface area contributed by atoms with E-state index in [1.807, 2.05) is 97.2 Å². The third-order valence-corrected chi connectivity index (χ3v) is 7.35. The van der Waals surface area contributed by atoms with Crippen LogP contribution in [-0.2, 0) is 0 Å². The first-order valence-electron chi connectivity index (χ1n) is 11.3. The normalized spacial score (nSPS) is 11.2. The number of esters is 1. The van der Waals surface area contributed by atoms with Crippen molar-refractivity contribution in [3.8, 4) is 16.9 Å². The number of rotatable bonds is 4. The molecule has 1 heterocycles. The monoisotopic (exact) mass is 472 g/mol. The Bertz CT molecular complexity index is 1780. The number of ether oxygens (including phenoxy) is 1. The van der Waals surface area contributed by atoms with E-state index in [0.29, 0.717) is 16.2 Å². The molecule has 0 N–H and O–H groups in total. The molecule has 0 spiro atoms. The summed E-state index contributed by atoms with van der Waals surface area (Å²) < 4.78 is 6.11. The van der Waals surface area contributed by atoms with E-state index in [0.717, 1.165) is 55.3 Å². The van der Waals surface area contributed by atoms with Gasteiger partial charge in [-0.15, -0.1) is 11.3 Å². The highest BCUT2D eigenvalue weighted by atomic mass is 32.1. The van der Waals surface area contributed by atoms with E-state index in [1.54, 1.807) is 0 Å². The first kappa shape index (κ1) is 21.3. The minimum Gasteiger partial charge on any atom is -0.422 e. The first-order valence-corrected chi connectivity index (χ1v) is 12.2. The van der Waals surface area contributed by atoms with Crippen LogP contribution in [0.2, 0.25) is 0 Å². The summed E-state index contributed by atoms with van der Waals surface area (Å²) in [6, 6.07) is 29.6. The second-order valence-electron chi connectivity index (χ2n) is 8.51. The molecular weight excluding hydrogens is 452 g/mol. The molecule has 0 aliphatic rings. The van der Waals surface area contributed by atoms with Gasteiger partial charge in [0.05, 0.1) is 10.4 Å². The lowest BCUT2D eigenvalue weighted by molar-refractivity contribution is 0.0738. The van der Waals surface area contributed by atoms with Crippen LogP contribution in [0, 0.1) is 6.92 Å². The third kappa shape index (κ3) is 3.50. The lowest BCUT2D eigenvalue weighted by Crippen LogP contribution is -2.10. The van der Waals surface area contributed by atoms with Gasteiger partial charge in [-0.2, -0.15) is 0 Å². The quantitative estimate of drug-likeness (QED) is 0.112. The molecule has 0 aliphatic heterocycles. The Morgan fingerprint density at radius 2 is 1.49 bits per heavy atom. The van der Waals surface area contributed by atoms with Crippen LogP contribution >= 0.6 is 11.3 Å². The van der Waals surface area contributed by atoms with Gasteiger partial charge in [-0.05, 0) is 68.4 Å². The standard InChI is InChI=1S/C31H20O3S/c1-19-7-6-12-23-22-10-4-5-11-24(22)27(17-26(19)23)31(33)34-28-14-13-20-8-2-3-9-21(20)30(28)25-15-16-35-29(25)18-32/h2-18H,1H3. The van der Waals surface area contributed by atoms with Gasteiger partial charge in [0.25, 0.3) is 0 Å². The Kier molecular flexibility index (Phi) is 5.16. The summed E-state index contributed by atoms with van der Waals surface area (Å²) in [6.07, 6.45) is 0.854. The maximum atomic E-state index is 13.7. The molecule has 0 unspecified atom stereocenters. The Balaban J connectivity index is 1.55. The van der Waals surface area contributed by atoms with E-state index in [9.17, 15) is 9.59 Å². The lowest BCUT2D eigenvalue weighted by atomic mass is 9.95. The summed E-state index contributed by atoms with van der Waals surface area (Å²) in [5.74, 6) is 0.00919. The molecule has 4 heteroatoms. The van der Waals surface area contributed by atoms with E-state index in [1.165, 1.54) is 11.3 Å². The highest BCUT2D eigenvalue weighted by Crippen LogP contribution is 2.41. The predicted octanol–water partition coefficient (Wildman–Crippen LogP) is 8.21. The zero-order valence-electron chi connectivity index (χ0n) is 18.9. The van der Waals surface area contributed by atoms with Gasteiger partial charge >= 0.3 is 5.97 Å². The topological polar surface area (TPSA) is 43.4 Å². The van der Waals surface area contributed by atoms with Crippen LogP contribution in [0.3, 0.4) is 0 Å². The van der Waals surface area contributed by atoms with Crippen molar-refractivity contribution < 1.29 is 14.3 Å². The minimum absolute atomic E-state index is 0.425. The average Bonchev–Trinajstić information content (AvgIpc) is 3.37. The summed E-state index contributed by atoms with van der Waals surface area (Å²) in [4.78, 5) is 26.1. The Hall–Kier alpha value is -4.28. The number of hydrogen-bond acceptors (Lipinski definition) is 4. The number of carbonyl (C=O) groups is 2. The van der Waals surface area contributed by atoms with Crippen LogP contribution in [-0.4, -0.2) is 12.3 Å². The molecular formula is C31H20O3S. The number of carbonyl (C=O) groups excluding carboxylic acids is 2. The van der Waals surface area contributed by atoms with Crippen LogP contribution in [0.5, 0.6) is 5.75 Å². The van der Waals surface area contributed by atoms with E-state index < -0.39 is 5.97 Å². The number of aryl methyl sites for hydroxylation is 1. The number of hydrogen-bond donors (Lipinski definition) is 0. The van der Waals surface area contributed by atoms with E-state index >= 15 is 0 Å². The van der Waals surface area contributed by atoms with Crippen molar-refractivity contribution in [2.45, 2.75) is 6.92 Å². The summed E-state index contributed by atoms with van der Waals surface area (Å²) in [6.45, 7) is 2.05. The Morgan fingerprint density at radius 3 is 2.31 bits per heavy atom. The maximum absolute atomic E-state index is 13.7. The summed E-state index contributed by atoms with van der Waals surface area (Å²) in [5.41, 5.74) is 3.13. The average molecular weight is 473 g/mol. The van der Waals surface area contributed by atoms with E-state index in [-0.39, 0.29) is 0 Å². The highest BCUT2D eigenvalue weighted by molar-refractivity contribution is 7.12. The van der Waals surface area contributed by atoms with Crippen molar-refractivity contribution in [1.82, 2.24) is 0 Å². The molecule has 35 heavy (non-hydrogen) atoms. The highest BCUT2D eigenvalue weighted by Gasteiger charge is 2.21. The number of thiophene rings is 1. The van der Waals surface area contributed by atoms with Gasteiger partial charge in [0.15, 0.2) is 6.29 Å². The van der Waals surface area contributed by atoms with Gasteiger partial charge in [-0.3, -0.25) is 4.79 Å². The summed E-state index contributed by atoms with van der Waals surface area (Å²) >= 11 is 1.37. The molecule has 0 saturated carbocycles. The summed E-state index contributed by atoms with van der Waals surface area (Å²) in [5, 5.41) is 7.82. The Labute approximate surface area is 206 Å². The molecule has 0 fully saturated rings. The molecule has 0 aliphatic carbocycles. The van der Waals surface area contributed by atoms with Crippen LogP contribution in [0.4, 0.5) is 0 Å². The molecule has 0 amide bonds. The zero-order valence-corrected chi connectivity index (χ0v) is 19.8. The summed E-state index contributed by atoms with van der Waals surface area (Å²) in [7, 11) is 0. The van der Waals surface area contributed by atoms with Crippen molar-refractivity contribution in [1.29, 1.82) is 0 Å². The second kappa shape index (κ2) is 8.49. The van der Waals surface area contributed by atoms with Gasteiger partial charge in [0.1, 0.15) is 5.75 Å². The minimum atomic E-state index is -0.425. The largest absolute Gasteiger partial charge is 0.422 e. The van der Waals surface area contributed by atoms with Crippen LogP contribution in [0.25, 0.3) is 43.4 Å². The number of aldehydes is 1. The molecule has 0 bridgehead atoms. The van der Waals surface area contributed by atoms with E-state index in [2.05, 4.69) is 6.07 Å². The van der Waals surface area contributed by atoms with Crippen LogP contribution < -0.4 is 4.74 Å². The van der Waals surface area contributed by atoms with Crippen molar-refractivity contribution in [3.63, 3.8) is 0 Å². The molecule has 168 valence electrons. The van der Waals surface area contributed by atoms with Gasteiger partial charge < -0.3 is 4.74 Å². The van der Waals surface area contributed by atoms with Crippen molar-refractivity contribution in [2.24, 2.45) is 0 Å². The van der Waals surface area contributed by atoms with Crippen molar-refractivity contribution in [3.05, 3.63) is 112 Å². The third-order valence-electron chi connectivity index (χ3n) is 6.51. The molecule has 5 aromatic carbocycles. The molecule has 6 aromatic rings. The van der Waals surface area contributed by atoms with Gasteiger partial charge in [0.2, 0.25) is 0 Å². The second-order valence-corrected chi connectivity index (χ2v) is 9.45. The fraction of sp³-hybridized carbons (Fsp3) is 0.0323. The number of fused-ring (bicyclic) bond motifs is 4. The number of benzene rings is 5. The molecule has 0 radical (unpaired) electrons. The zero-order chi connectivity index (χ0) is 23.9. The molecule has 3 nitrogen and oxygen atoms in total. The first-order chi connectivity index (χ1) is 17.2. The molecule has 0 atom stereocenters. The fourth-order valence-electron chi connectivity index (χ4n) is 4.84. The fourth-order valence-corrected chi connectivity index (χ4v) is 5.54. The Morgan fingerprint density at radius 1 is 0.771 bits per heavy atom. The molecule has 0 saturated heterocycles. The van der Waals surface area contributed by atoms with Crippen LogP contribution in [0.15, 0.2) is 96.4 Å². The van der Waals surface area contributed by atoms with Crippen LogP contribution in [0.1, 0.15) is 25.6 Å². The SMILES string of the molecule is Cc1cccc2c1cc(C(=O)Oc1ccc3ccccc3c1-c1ccsc1C=O)c1ccccc12. The van der Waals surface area contributed by atoms with E-state index in [4.69, 9.17) is 4.74 Å². The molecule has 1 aromatic heterocycles. The molecule has 6 rings (SSSR count). The van der Waals surface area contributed by atoms with Crippen molar-refractivity contribution in [2.75, 3.05) is 0 Å². The van der Waals surface area contributed by atoms with Crippen molar-refractivity contribution >= 4 is 55.9 Å². The van der Waals surface area contributed by atoms with Gasteiger partial charge in [0, 0.05) is 11.1 Å². The maximum Gasteiger partial charge on any atom is 0.344 e. The lowest BCUT2D eigenvalue weighted by Gasteiger charge is -2.15.